The van der Waals surface area contributed by atoms with Crippen LogP contribution in [0.3, 0.4) is 0 Å². The predicted octanol–water partition coefficient (Wildman–Crippen LogP) is 6.30. The molecule has 0 aromatic heterocycles. The van der Waals surface area contributed by atoms with Crippen molar-refractivity contribution in [3.8, 4) is 34.5 Å². The third-order valence-electron chi connectivity index (χ3n) is 7.25. The highest BCUT2D eigenvalue weighted by Crippen LogP contribution is 2.46. The van der Waals surface area contributed by atoms with E-state index >= 15 is 0 Å². The molecule has 3 atom stereocenters. The molecule has 0 amide bonds. The first-order valence-electron chi connectivity index (χ1n) is 13.0. The van der Waals surface area contributed by atoms with E-state index in [9.17, 15) is 20.1 Å². The molecule has 0 spiro atoms. The van der Waals surface area contributed by atoms with Crippen LogP contribution in [0.25, 0.3) is 6.08 Å². The fraction of sp³-hybridized carbons (Fsp3) is 0.242. The quantitative estimate of drug-likeness (QED) is 0.115. The number of ether oxygens (including phenoxy) is 4. The van der Waals surface area contributed by atoms with Crippen molar-refractivity contribution in [1.29, 1.82) is 0 Å². The van der Waals surface area contributed by atoms with E-state index in [1.807, 2.05) is 24.3 Å². The van der Waals surface area contributed by atoms with Gasteiger partial charge in [-0.2, -0.15) is 0 Å². The van der Waals surface area contributed by atoms with Crippen LogP contribution in [0.15, 0.2) is 84.7 Å². The molecule has 0 radical (unpaired) electrons. The number of hydrogen-bond donors (Lipinski definition) is 3. The molecule has 1 aliphatic rings. The zero-order valence-electron chi connectivity index (χ0n) is 23.4. The van der Waals surface area contributed by atoms with Crippen molar-refractivity contribution < 1.29 is 39.1 Å². The number of aliphatic hydroxyl groups excluding tert-OH is 1. The monoisotopic (exact) mass is 558 g/mol. The van der Waals surface area contributed by atoms with E-state index in [2.05, 4.69) is 0 Å². The Labute approximate surface area is 239 Å². The van der Waals surface area contributed by atoms with Gasteiger partial charge in [-0.25, -0.2) is 0 Å². The Kier molecular flexibility index (Phi) is 9.24. The molecule has 214 valence electrons. The van der Waals surface area contributed by atoms with Gasteiger partial charge in [0.2, 0.25) is 0 Å². The minimum absolute atomic E-state index is 0.00283. The number of rotatable bonds is 10. The summed E-state index contributed by atoms with van der Waals surface area (Å²) >= 11 is 0. The number of methoxy groups -OCH3 is 4. The minimum atomic E-state index is -0.586. The number of aromatic hydroxyl groups is 2. The van der Waals surface area contributed by atoms with Crippen molar-refractivity contribution >= 4 is 11.9 Å². The highest BCUT2D eigenvalue weighted by molar-refractivity contribution is 5.94. The summed E-state index contributed by atoms with van der Waals surface area (Å²) in [7, 11) is 6.05. The summed E-state index contributed by atoms with van der Waals surface area (Å²) in [6.45, 7) is 0. The number of allylic oxidation sites excluding steroid dienone is 4. The van der Waals surface area contributed by atoms with Gasteiger partial charge < -0.3 is 34.3 Å². The summed E-state index contributed by atoms with van der Waals surface area (Å²) in [6.07, 6.45) is 8.89. The van der Waals surface area contributed by atoms with Crippen LogP contribution in [0.4, 0.5) is 0 Å². The molecule has 0 fully saturated rings. The van der Waals surface area contributed by atoms with Gasteiger partial charge >= 0.3 is 0 Å². The van der Waals surface area contributed by atoms with E-state index in [0.717, 1.165) is 11.1 Å². The number of benzene rings is 3. The SMILES string of the molecule is COc1cc(/C=C/C(O)=C/C(=O)[C@H]2[C@@H](c3ccc(OC)c(OC)c3)C=CC[C@@H]2c2ccc(O)c(OC)c2)ccc1O. The number of hydrogen-bond acceptors (Lipinski definition) is 8. The van der Waals surface area contributed by atoms with Crippen molar-refractivity contribution in [3.63, 3.8) is 0 Å². The van der Waals surface area contributed by atoms with Crippen molar-refractivity contribution in [2.75, 3.05) is 28.4 Å². The molecule has 0 aliphatic heterocycles. The Balaban J connectivity index is 1.73. The molecule has 0 unspecified atom stereocenters. The second-order valence-electron chi connectivity index (χ2n) is 9.60. The van der Waals surface area contributed by atoms with Gasteiger partial charge in [0.15, 0.2) is 40.3 Å². The summed E-state index contributed by atoms with van der Waals surface area (Å²) in [5.74, 6) is 0.0688. The normalized spacial score (nSPS) is 18.7. The van der Waals surface area contributed by atoms with Gasteiger partial charge in [-0.1, -0.05) is 36.4 Å². The highest BCUT2D eigenvalue weighted by Gasteiger charge is 2.37. The van der Waals surface area contributed by atoms with E-state index in [1.165, 1.54) is 32.4 Å². The lowest BCUT2D eigenvalue weighted by molar-refractivity contribution is -0.119. The lowest BCUT2D eigenvalue weighted by Gasteiger charge is -2.34. The third-order valence-corrected chi connectivity index (χ3v) is 7.25. The molecular formula is C33H34O8. The first kappa shape index (κ1) is 29.1. The van der Waals surface area contributed by atoms with E-state index in [1.54, 1.807) is 56.7 Å². The second kappa shape index (κ2) is 13.0. The van der Waals surface area contributed by atoms with Crippen LogP contribution in [-0.2, 0) is 4.79 Å². The number of phenols is 2. The summed E-state index contributed by atoms with van der Waals surface area (Å²) in [6, 6.07) is 15.4. The molecule has 0 saturated heterocycles. The smallest absolute Gasteiger partial charge is 0.163 e. The Morgan fingerprint density at radius 2 is 1.39 bits per heavy atom. The Morgan fingerprint density at radius 1 is 0.780 bits per heavy atom. The zero-order valence-corrected chi connectivity index (χ0v) is 23.4. The molecule has 1 aliphatic carbocycles. The Morgan fingerprint density at radius 3 is 2.07 bits per heavy atom. The van der Waals surface area contributed by atoms with Gasteiger partial charge in [-0.3, -0.25) is 4.79 Å². The van der Waals surface area contributed by atoms with Crippen LogP contribution in [0.5, 0.6) is 34.5 Å². The fourth-order valence-corrected chi connectivity index (χ4v) is 5.18. The van der Waals surface area contributed by atoms with Crippen LogP contribution in [-0.4, -0.2) is 49.5 Å². The van der Waals surface area contributed by atoms with Gasteiger partial charge in [0, 0.05) is 17.9 Å². The lowest BCUT2D eigenvalue weighted by Crippen LogP contribution is -2.29. The van der Waals surface area contributed by atoms with E-state index in [0.29, 0.717) is 35.0 Å². The topological polar surface area (TPSA) is 115 Å². The third kappa shape index (κ3) is 6.49. The molecule has 3 N–H and O–H groups in total. The number of carbonyl (C=O) groups excluding carboxylic acids is 1. The summed E-state index contributed by atoms with van der Waals surface area (Å²) in [5.41, 5.74) is 2.35. The first-order valence-corrected chi connectivity index (χ1v) is 13.0. The molecule has 3 aromatic carbocycles. The summed E-state index contributed by atoms with van der Waals surface area (Å²) in [4.78, 5) is 13.9. The number of aliphatic hydroxyl groups is 1. The van der Waals surface area contributed by atoms with Gasteiger partial charge in [0.05, 0.1) is 28.4 Å². The molecular weight excluding hydrogens is 524 g/mol. The Hall–Kier alpha value is -4.85. The molecule has 0 saturated carbocycles. The molecule has 3 aromatic rings. The largest absolute Gasteiger partial charge is 0.508 e. The van der Waals surface area contributed by atoms with E-state index < -0.39 is 5.92 Å². The van der Waals surface area contributed by atoms with Gasteiger partial charge in [0.25, 0.3) is 0 Å². The highest BCUT2D eigenvalue weighted by atomic mass is 16.5. The average Bonchev–Trinajstić information content (AvgIpc) is 3.00. The van der Waals surface area contributed by atoms with Crippen LogP contribution in [0, 0.1) is 5.92 Å². The second-order valence-corrected chi connectivity index (χ2v) is 9.60. The molecule has 8 nitrogen and oxygen atoms in total. The van der Waals surface area contributed by atoms with Crippen molar-refractivity contribution in [1.82, 2.24) is 0 Å². The van der Waals surface area contributed by atoms with Crippen molar-refractivity contribution in [2.24, 2.45) is 5.92 Å². The molecule has 0 bridgehead atoms. The number of phenolic OH excluding ortho intramolecular Hbond substituents is 2. The van der Waals surface area contributed by atoms with Crippen LogP contribution in [0.1, 0.15) is 34.9 Å². The van der Waals surface area contributed by atoms with E-state index in [-0.39, 0.29) is 34.9 Å². The maximum absolute atomic E-state index is 13.9. The van der Waals surface area contributed by atoms with Crippen LogP contribution >= 0.6 is 0 Å². The fourth-order valence-electron chi connectivity index (χ4n) is 5.18. The molecule has 41 heavy (non-hydrogen) atoms. The predicted molar refractivity (Wildman–Crippen MR) is 156 cm³/mol. The Bertz CT molecular complexity index is 1490. The van der Waals surface area contributed by atoms with Gasteiger partial charge in [0.1, 0.15) is 5.76 Å². The van der Waals surface area contributed by atoms with Gasteiger partial charge in [-0.15, -0.1) is 0 Å². The average molecular weight is 559 g/mol. The summed E-state index contributed by atoms with van der Waals surface area (Å²) in [5, 5.41) is 30.7. The van der Waals surface area contributed by atoms with Crippen LogP contribution < -0.4 is 18.9 Å². The molecule has 0 heterocycles. The first-order chi connectivity index (χ1) is 19.8. The maximum Gasteiger partial charge on any atom is 0.163 e. The molecule has 4 rings (SSSR count). The maximum atomic E-state index is 13.9. The minimum Gasteiger partial charge on any atom is -0.508 e. The van der Waals surface area contributed by atoms with Gasteiger partial charge in [-0.05, 0) is 71.5 Å². The van der Waals surface area contributed by atoms with Crippen molar-refractivity contribution in [3.05, 3.63) is 101 Å². The number of ketones is 1. The van der Waals surface area contributed by atoms with Crippen molar-refractivity contribution in [2.45, 2.75) is 18.3 Å². The van der Waals surface area contributed by atoms with E-state index in [4.69, 9.17) is 18.9 Å². The lowest BCUT2D eigenvalue weighted by atomic mass is 9.68. The molecule has 8 heteroatoms. The summed E-state index contributed by atoms with van der Waals surface area (Å²) < 4.78 is 21.4. The standard InChI is InChI=1S/C33H34O8/c1-38-29-15-11-22(18-32(29)41-4)25-7-5-6-24(21-10-14-27(36)31(17-21)40-3)33(25)28(37)19-23(34)12-8-20-9-13-26(35)30(16-20)39-2/h5,7-19,24-25,33-36H,6H2,1-4H3/b12-8+,23-19-/t24-,25-,33-/m1/s1. The zero-order chi connectivity index (χ0) is 29.5. The number of carbonyl (C=O) groups is 1. The van der Waals surface area contributed by atoms with Crippen LogP contribution in [0.2, 0.25) is 0 Å².